The van der Waals surface area contributed by atoms with Crippen molar-refractivity contribution < 1.29 is 32.2 Å². The third-order valence-corrected chi connectivity index (χ3v) is 4.01. The Labute approximate surface area is 160 Å². The lowest BCUT2D eigenvalue weighted by Crippen LogP contribution is -2.43. The van der Waals surface area contributed by atoms with Crippen molar-refractivity contribution in [2.24, 2.45) is 0 Å². The third kappa shape index (κ3) is 4.91. The number of rotatable bonds is 4. The van der Waals surface area contributed by atoms with Crippen LogP contribution in [0.25, 0.3) is 0 Å². The fourth-order valence-corrected chi connectivity index (χ4v) is 2.81. The lowest BCUT2D eigenvalue weighted by Gasteiger charge is -2.29. The fraction of sp³-hybridized carbons (Fsp3) is 0.176. The average molecular weight is 445 g/mol. The first kappa shape index (κ1) is 19.0. The summed E-state index contributed by atoms with van der Waals surface area (Å²) in [5.41, 5.74) is 0.539. The molecule has 1 aliphatic heterocycles. The van der Waals surface area contributed by atoms with Gasteiger partial charge in [0.1, 0.15) is 18.0 Å². The van der Waals surface area contributed by atoms with Crippen LogP contribution in [0, 0.1) is 0 Å². The molecule has 0 unspecified atom stereocenters. The summed E-state index contributed by atoms with van der Waals surface area (Å²) in [5.74, 6) is -1.01. The maximum atomic E-state index is 12.3. The number of anilines is 2. The zero-order valence-corrected chi connectivity index (χ0v) is 15.1. The van der Waals surface area contributed by atoms with Crippen molar-refractivity contribution >= 4 is 39.1 Å². The van der Waals surface area contributed by atoms with Gasteiger partial charge in [0, 0.05) is 16.2 Å². The van der Waals surface area contributed by atoms with E-state index in [0.29, 0.717) is 11.4 Å². The van der Waals surface area contributed by atoms with Crippen molar-refractivity contribution in [3.05, 3.63) is 46.9 Å². The number of nitrogens with zero attached hydrogens (tertiary/aromatic N) is 1. The molecule has 2 aromatic carbocycles. The number of carbonyl (C=O) groups is 2. The van der Waals surface area contributed by atoms with E-state index in [4.69, 9.17) is 4.74 Å². The Balaban J connectivity index is 1.71. The minimum atomic E-state index is -4.83. The molecule has 0 atom stereocenters. The lowest BCUT2D eigenvalue weighted by molar-refractivity contribution is -0.274. The van der Waals surface area contributed by atoms with E-state index in [9.17, 15) is 22.8 Å². The highest BCUT2D eigenvalue weighted by molar-refractivity contribution is 9.10. The average Bonchev–Trinajstić information content (AvgIpc) is 2.56. The molecule has 0 spiro atoms. The zero-order chi connectivity index (χ0) is 19.6. The van der Waals surface area contributed by atoms with Gasteiger partial charge in [-0.2, -0.15) is 0 Å². The van der Waals surface area contributed by atoms with Crippen LogP contribution in [0.3, 0.4) is 0 Å². The Morgan fingerprint density at radius 1 is 1.26 bits per heavy atom. The Morgan fingerprint density at radius 3 is 2.78 bits per heavy atom. The van der Waals surface area contributed by atoms with E-state index < -0.39 is 23.9 Å². The van der Waals surface area contributed by atoms with Gasteiger partial charge in [-0.1, -0.05) is 22.0 Å². The van der Waals surface area contributed by atoms with Gasteiger partial charge in [0.15, 0.2) is 6.61 Å². The standard InChI is InChI=1S/C17H12BrF3N2O4/c18-10-4-5-13-14(6-10)26-9-16(25)23(13)8-15(24)22-11-2-1-3-12(7-11)27-17(19,20)21/h1-7H,8-9H2,(H,22,24). The number of carbonyl (C=O) groups excluding carboxylic acids is 2. The second kappa shape index (κ2) is 7.47. The van der Waals surface area contributed by atoms with Crippen LogP contribution < -0.4 is 19.7 Å². The van der Waals surface area contributed by atoms with Crippen LogP contribution in [-0.4, -0.2) is 31.3 Å². The fourth-order valence-electron chi connectivity index (χ4n) is 2.47. The number of hydrogen-bond donors (Lipinski definition) is 1. The predicted octanol–water partition coefficient (Wildman–Crippen LogP) is 3.71. The first-order valence-corrected chi connectivity index (χ1v) is 8.39. The molecule has 0 saturated heterocycles. The Kier molecular flexibility index (Phi) is 5.26. The molecule has 2 aromatic rings. The van der Waals surface area contributed by atoms with Gasteiger partial charge >= 0.3 is 6.36 Å². The lowest BCUT2D eigenvalue weighted by atomic mass is 10.2. The minimum Gasteiger partial charge on any atom is -0.482 e. The number of halogens is 4. The van der Waals surface area contributed by atoms with Gasteiger partial charge in [0.25, 0.3) is 5.91 Å². The van der Waals surface area contributed by atoms with Gasteiger partial charge in [0.2, 0.25) is 5.91 Å². The minimum absolute atomic E-state index is 0.110. The van der Waals surface area contributed by atoms with Crippen molar-refractivity contribution in [3.63, 3.8) is 0 Å². The molecule has 2 amide bonds. The SMILES string of the molecule is O=C(CN1C(=O)COc2cc(Br)ccc21)Nc1cccc(OC(F)(F)F)c1. The molecule has 0 aromatic heterocycles. The quantitative estimate of drug-likeness (QED) is 0.780. The summed E-state index contributed by atoms with van der Waals surface area (Å²) >= 11 is 3.29. The van der Waals surface area contributed by atoms with Crippen molar-refractivity contribution in [1.29, 1.82) is 0 Å². The topological polar surface area (TPSA) is 67.9 Å². The highest BCUT2D eigenvalue weighted by atomic mass is 79.9. The van der Waals surface area contributed by atoms with Crippen molar-refractivity contribution in [2.75, 3.05) is 23.4 Å². The predicted molar refractivity (Wildman–Crippen MR) is 93.7 cm³/mol. The Bertz CT molecular complexity index is 889. The summed E-state index contributed by atoms with van der Waals surface area (Å²) in [7, 11) is 0. The summed E-state index contributed by atoms with van der Waals surface area (Å²) < 4.78 is 46.8. The Morgan fingerprint density at radius 2 is 2.04 bits per heavy atom. The van der Waals surface area contributed by atoms with Gasteiger partial charge in [-0.25, -0.2) is 0 Å². The van der Waals surface area contributed by atoms with E-state index in [1.165, 1.54) is 17.0 Å². The van der Waals surface area contributed by atoms with E-state index in [1.54, 1.807) is 18.2 Å². The van der Waals surface area contributed by atoms with Gasteiger partial charge < -0.3 is 14.8 Å². The van der Waals surface area contributed by atoms with Gasteiger partial charge in [-0.05, 0) is 30.3 Å². The summed E-state index contributed by atoms with van der Waals surface area (Å²) in [4.78, 5) is 25.6. The van der Waals surface area contributed by atoms with Crippen molar-refractivity contribution in [2.45, 2.75) is 6.36 Å². The second-order valence-electron chi connectivity index (χ2n) is 5.50. The maximum Gasteiger partial charge on any atom is 0.573 e. The number of amides is 2. The molecular weight excluding hydrogens is 433 g/mol. The molecule has 6 nitrogen and oxygen atoms in total. The molecule has 0 fully saturated rings. The first-order chi connectivity index (χ1) is 12.7. The molecule has 0 radical (unpaired) electrons. The Hall–Kier alpha value is -2.75. The summed E-state index contributed by atoms with van der Waals surface area (Å²) in [5, 5.41) is 2.45. The van der Waals surface area contributed by atoms with Gasteiger partial charge in [-0.15, -0.1) is 13.2 Å². The van der Waals surface area contributed by atoms with Crippen LogP contribution >= 0.6 is 15.9 Å². The number of ether oxygens (including phenoxy) is 2. The highest BCUT2D eigenvalue weighted by Gasteiger charge is 2.31. The summed E-state index contributed by atoms with van der Waals surface area (Å²) in [6, 6.07) is 9.87. The first-order valence-electron chi connectivity index (χ1n) is 7.60. The van der Waals surface area contributed by atoms with E-state index in [2.05, 4.69) is 26.0 Å². The van der Waals surface area contributed by atoms with Crippen LogP contribution in [0.4, 0.5) is 24.5 Å². The van der Waals surface area contributed by atoms with E-state index in [1.807, 2.05) is 0 Å². The largest absolute Gasteiger partial charge is 0.573 e. The van der Waals surface area contributed by atoms with Gasteiger partial charge in [-0.3, -0.25) is 14.5 Å². The van der Waals surface area contributed by atoms with Crippen LogP contribution in [0.1, 0.15) is 0 Å². The number of alkyl halides is 3. The molecule has 1 aliphatic rings. The molecular formula is C17H12BrF3N2O4. The van der Waals surface area contributed by atoms with E-state index in [0.717, 1.165) is 16.6 Å². The summed E-state index contributed by atoms with van der Waals surface area (Å²) in [6.07, 6.45) is -4.83. The van der Waals surface area contributed by atoms with Crippen LogP contribution in [0.2, 0.25) is 0 Å². The van der Waals surface area contributed by atoms with E-state index >= 15 is 0 Å². The van der Waals surface area contributed by atoms with Crippen LogP contribution in [0.15, 0.2) is 46.9 Å². The van der Waals surface area contributed by atoms with Gasteiger partial charge in [0.05, 0.1) is 5.69 Å². The number of fused-ring (bicyclic) bond motifs is 1. The second-order valence-corrected chi connectivity index (χ2v) is 6.42. The normalized spacial score (nSPS) is 13.6. The third-order valence-electron chi connectivity index (χ3n) is 3.52. The molecule has 1 N–H and O–H groups in total. The molecule has 142 valence electrons. The van der Waals surface area contributed by atoms with Crippen molar-refractivity contribution in [3.8, 4) is 11.5 Å². The molecule has 1 heterocycles. The molecule has 0 bridgehead atoms. The molecule has 10 heteroatoms. The number of hydrogen-bond acceptors (Lipinski definition) is 4. The molecule has 3 rings (SSSR count). The zero-order valence-electron chi connectivity index (χ0n) is 13.5. The maximum absolute atomic E-state index is 12.3. The molecule has 0 aliphatic carbocycles. The number of benzene rings is 2. The summed E-state index contributed by atoms with van der Waals surface area (Å²) in [6.45, 7) is -0.535. The number of nitrogens with one attached hydrogen (secondary N) is 1. The van der Waals surface area contributed by atoms with E-state index in [-0.39, 0.29) is 18.8 Å². The van der Waals surface area contributed by atoms with Crippen molar-refractivity contribution in [1.82, 2.24) is 0 Å². The van der Waals surface area contributed by atoms with Crippen LogP contribution in [-0.2, 0) is 9.59 Å². The smallest absolute Gasteiger partial charge is 0.482 e. The highest BCUT2D eigenvalue weighted by Crippen LogP contribution is 2.34. The molecule has 0 saturated carbocycles. The molecule has 27 heavy (non-hydrogen) atoms. The van der Waals surface area contributed by atoms with Crippen LogP contribution in [0.5, 0.6) is 11.5 Å². The monoisotopic (exact) mass is 444 g/mol.